The highest BCUT2D eigenvalue weighted by Crippen LogP contribution is 1.98. The van der Waals surface area contributed by atoms with Crippen LogP contribution in [0.5, 0.6) is 0 Å². The predicted molar refractivity (Wildman–Crippen MR) is 71.3 cm³/mol. The lowest BCUT2D eigenvalue weighted by atomic mass is 10.3. The zero-order valence-electron chi connectivity index (χ0n) is 12.0. The molecule has 0 radical (unpaired) electrons. The molecule has 1 fully saturated rings. The largest absolute Gasteiger partial charge is 0.389 e. The van der Waals surface area contributed by atoms with Crippen LogP contribution in [0.4, 0.5) is 0 Å². The molecule has 0 aromatic heterocycles. The summed E-state index contributed by atoms with van der Waals surface area (Å²) >= 11 is 0. The minimum atomic E-state index is -0.511. The van der Waals surface area contributed by atoms with Crippen LogP contribution >= 0.6 is 0 Å². The number of hydrogen-bond acceptors (Lipinski definition) is 6. The van der Waals surface area contributed by atoms with Gasteiger partial charge in [-0.2, -0.15) is 0 Å². The Labute approximate surface area is 115 Å². The van der Waals surface area contributed by atoms with E-state index in [-0.39, 0.29) is 12.2 Å². The lowest BCUT2D eigenvalue weighted by molar-refractivity contribution is -0.0872. The molecule has 19 heavy (non-hydrogen) atoms. The first kappa shape index (κ1) is 16.8. The molecule has 2 unspecified atom stereocenters. The molecule has 2 atom stereocenters. The minimum absolute atomic E-state index is 0.0845. The monoisotopic (exact) mass is 277 g/mol. The lowest BCUT2D eigenvalue weighted by Crippen LogP contribution is -2.40. The molecule has 1 saturated heterocycles. The molecule has 1 rings (SSSR count). The standard InChI is InChI=1S/C13H27NO5/c1-11(2)18-5-3-16-9-12(15)7-14-8-13-10-17-4-6-19-13/h11-15H,3-10H2,1-2H3. The Morgan fingerprint density at radius 1 is 1.32 bits per heavy atom. The maximum Gasteiger partial charge on any atom is 0.0933 e. The number of nitrogens with one attached hydrogen (secondary N) is 1. The van der Waals surface area contributed by atoms with Crippen LogP contribution in [-0.4, -0.2) is 76.1 Å². The maximum atomic E-state index is 9.69. The van der Waals surface area contributed by atoms with Gasteiger partial charge in [-0.15, -0.1) is 0 Å². The van der Waals surface area contributed by atoms with Crippen LogP contribution < -0.4 is 5.32 Å². The van der Waals surface area contributed by atoms with E-state index in [1.807, 2.05) is 13.8 Å². The zero-order valence-corrected chi connectivity index (χ0v) is 12.0. The van der Waals surface area contributed by atoms with E-state index in [1.165, 1.54) is 0 Å². The molecule has 0 spiro atoms. The van der Waals surface area contributed by atoms with Crippen molar-refractivity contribution in [1.82, 2.24) is 5.32 Å². The molecule has 2 N–H and O–H groups in total. The highest BCUT2D eigenvalue weighted by Gasteiger charge is 2.14. The van der Waals surface area contributed by atoms with Crippen LogP contribution in [0.25, 0.3) is 0 Å². The van der Waals surface area contributed by atoms with Crippen molar-refractivity contribution in [2.24, 2.45) is 0 Å². The number of aliphatic hydroxyl groups excluding tert-OH is 1. The first-order valence-electron chi connectivity index (χ1n) is 6.96. The molecular weight excluding hydrogens is 250 g/mol. The van der Waals surface area contributed by atoms with E-state index in [0.29, 0.717) is 52.7 Å². The number of ether oxygens (including phenoxy) is 4. The average Bonchev–Trinajstić information content (AvgIpc) is 2.39. The van der Waals surface area contributed by atoms with Crippen molar-refractivity contribution < 1.29 is 24.1 Å². The van der Waals surface area contributed by atoms with E-state index in [9.17, 15) is 5.11 Å². The molecule has 0 bridgehead atoms. The SMILES string of the molecule is CC(C)OCCOCC(O)CNCC1COCCO1. The van der Waals surface area contributed by atoms with Crippen molar-refractivity contribution in [3.63, 3.8) is 0 Å². The third kappa shape index (κ3) is 9.32. The van der Waals surface area contributed by atoms with Crippen molar-refractivity contribution in [3.05, 3.63) is 0 Å². The van der Waals surface area contributed by atoms with Crippen LogP contribution in [0.3, 0.4) is 0 Å². The summed E-state index contributed by atoms with van der Waals surface area (Å²) in [4.78, 5) is 0. The van der Waals surface area contributed by atoms with E-state index in [1.54, 1.807) is 0 Å². The van der Waals surface area contributed by atoms with Gasteiger partial charge in [0.2, 0.25) is 0 Å². The summed E-state index contributed by atoms with van der Waals surface area (Å²) in [5.41, 5.74) is 0. The second kappa shape index (κ2) is 10.5. The van der Waals surface area contributed by atoms with Gasteiger partial charge in [0.1, 0.15) is 0 Å². The topological polar surface area (TPSA) is 69.2 Å². The molecular formula is C13H27NO5. The molecule has 0 saturated carbocycles. The molecule has 114 valence electrons. The van der Waals surface area contributed by atoms with Gasteiger partial charge in [-0.25, -0.2) is 0 Å². The van der Waals surface area contributed by atoms with E-state index in [2.05, 4.69) is 5.32 Å². The quantitative estimate of drug-likeness (QED) is 0.539. The van der Waals surface area contributed by atoms with E-state index in [0.717, 1.165) is 0 Å². The van der Waals surface area contributed by atoms with Crippen LogP contribution in [0.1, 0.15) is 13.8 Å². The van der Waals surface area contributed by atoms with Crippen molar-refractivity contribution in [3.8, 4) is 0 Å². The van der Waals surface area contributed by atoms with Crippen molar-refractivity contribution in [2.45, 2.75) is 32.2 Å². The summed E-state index contributed by atoms with van der Waals surface area (Å²) in [6.45, 7) is 8.46. The number of rotatable bonds is 10. The van der Waals surface area contributed by atoms with Gasteiger partial charge >= 0.3 is 0 Å². The Kier molecular flexibility index (Phi) is 9.32. The number of hydrogen-bond donors (Lipinski definition) is 2. The van der Waals surface area contributed by atoms with Gasteiger partial charge in [0.05, 0.1) is 58.0 Å². The first-order valence-corrected chi connectivity index (χ1v) is 6.96. The third-order valence-corrected chi connectivity index (χ3v) is 2.63. The first-order chi connectivity index (χ1) is 9.18. The zero-order chi connectivity index (χ0) is 13.9. The summed E-state index contributed by atoms with van der Waals surface area (Å²) in [6, 6.07) is 0. The molecule has 0 aliphatic carbocycles. The molecule has 6 nitrogen and oxygen atoms in total. The molecule has 0 amide bonds. The average molecular weight is 277 g/mol. The molecule has 1 aliphatic heterocycles. The van der Waals surface area contributed by atoms with Crippen LogP contribution in [0.15, 0.2) is 0 Å². The minimum Gasteiger partial charge on any atom is -0.389 e. The van der Waals surface area contributed by atoms with E-state index >= 15 is 0 Å². The second-order valence-corrected chi connectivity index (χ2v) is 4.87. The normalized spacial score (nSPS) is 21.8. The van der Waals surface area contributed by atoms with Crippen LogP contribution in [-0.2, 0) is 18.9 Å². The van der Waals surface area contributed by atoms with Crippen molar-refractivity contribution >= 4 is 0 Å². The number of aliphatic hydroxyl groups is 1. The van der Waals surface area contributed by atoms with Gasteiger partial charge in [-0.1, -0.05) is 0 Å². The molecule has 6 heteroatoms. The van der Waals surface area contributed by atoms with E-state index < -0.39 is 6.10 Å². The molecule has 1 heterocycles. The Bertz CT molecular complexity index is 209. The highest BCUT2D eigenvalue weighted by atomic mass is 16.6. The Balaban J connectivity index is 1.88. The fourth-order valence-corrected chi connectivity index (χ4v) is 1.69. The molecule has 1 aliphatic rings. The van der Waals surface area contributed by atoms with Gasteiger partial charge in [-0.3, -0.25) is 0 Å². The Morgan fingerprint density at radius 2 is 2.16 bits per heavy atom. The summed E-state index contributed by atoms with van der Waals surface area (Å²) < 4.78 is 21.4. The third-order valence-electron chi connectivity index (χ3n) is 2.63. The maximum absolute atomic E-state index is 9.69. The summed E-state index contributed by atoms with van der Waals surface area (Å²) in [5, 5.41) is 12.8. The fraction of sp³-hybridized carbons (Fsp3) is 1.00. The summed E-state index contributed by atoms with van der Waals surface area (Å²) in [6.07, 6.45) is -0.210. The van der Waals surface area contributed by atoms with Gasteiger partial charge in [0.25, 0.3) is 0 Å². The van der Waals surface area contributed by atoms with Crippen LogP contribution in [0, 0.1) is 0 Å². The van der Waals surface area contributed by atoms with Crippen molar-refractivity contribution in [2.75, 3.05) is 52.7 Å². The predicted octanol–water partition coefficient (Wildman–Crippen LogP) is -0.206. The summed E-state index contributed by atoms with van der Waals surface area (Å²) in [7, 11) is 0. The summed E-state index contributed by atoms with van der Waals surface area (Å²) in [5.74, 6) is 0. The second-order valence-electron chi connectivity index (χ2n) is 4.87. The van der Waals surface area contributed by atoms with E-state index in [4.69, 9.17) is 18.9 Å². The lowest BCUT2D eigenvalue weighted by Gasteiger charge is -2.23. The van der Waals surface area contributed by atoms with Gasteiger partial charge in [-0.05, 0) is 13.8 Å². The van der Waals surface area contributed by atoms with Crippen molar-refractivity contribution in [1.29, 1.82) is 0 Å². The van der Waals surface area contributed by atoms with Crippen LogP contribution in [0.2, 0.25) is 0 Å². The van der Waals surface area contributed by atoms with Gasteiger partial charge < -0.3 is 29.4 Å². The smallest absolute Gasteiger partial charge is 0.0933 e. The Morgan fingerprint density at radius 3 is 2.84 bits per heavy atom. The van der Waals surface area contributed by atoms with Gasteiger partial charge in [0, 0.05) is 13.1 Å². The van der Waals surface area contributed by atoms with Gasteiger partial charge in [0.15, 0.2) is 0 Å². The fourth-order valence-electron chi connectivity index (χ4n) is 1.69. The Hall–Kier alpha value is -0.240. The molecule has 0 aromatic carbocycles. The highest BCUT2D eigenvalue weighted by molar-refractivity contribution is 4.66. The molecule has 0 aromatic rings.